The third-order valence-electron chi connectivity index (χ3n) is 13.2. The van der Waals surface area contributed by atoms with Crippen molar-refractivity contribution in [2.75, 3.05) is 54.4 Å². The molecule has 4 amide bonds. The lowest BCUT2D eigenvalue weighted by molar-refractivity contribution is -0.262. The minimum Gasteiger partial charge on any atom is -0.509 e. The van der Waals surface area contributed by atoms with E-state index in [4.69, 9.17) is 4.74 Å². The van der Waals surface area contributed by atoms with Crippen molar-refractivity contribution in [2.45, 2.75) is 91.4 Å². The maximum atomic E-state index is 13.4. The minimum atomic E-state index is -0.672. The van der Waals surface area contributed by atoms with Crippen LogP contribution in [0.1, 0.15) is 81.3 Å². The summed E-state index contributed by atoms with van der Waals surface area (Å²) in [6.45, 7) is 17.2. The summed E-state index contributed by atoms with van der Waals surface area (Å²) in [7, 11) is 6.55. The highest BCUT2D eigenvalue weighted by Gasteiger charge is 2.51. The molecule has 0 aliphatic carbocycles. The molecule has 4 aliphatic rings. The van der Waals surface area contributed by atoms with E-state index in [1.807, 2.05) is 46.8 Å². The molecule has 0 bridgehead atoms. The first-order chi connectivity index (χ1) is 31.7. The topological polar surface area (TPSA) is 135 Å². The lowest BCUT2D eigenvalue weighted by Gasteiger charge is -2.40. The van der Waals surface area contributed by atoms with Gasteiger partial charge in [-0.1, -0.05) is 96.1 Å². The number of nitrogens with zero attached hydrogens (tertiary/aromatic N) is 4. The Kier molecular flexibility index (Phi) is 16.1. The standard InChI is InChI=1S/C27H33N3O3.C24H28N2O2.C3H7ClNO/c1-18-15-19(2)22(20(3)16-18)23-24(33-26(32)29(4)5)27(28-25(23)31)11-13-30(14-12-27)17-21-9-7-6-8-10-21;1-16-13-17(2)20(18(3)14-16)21-22(27)24(25-23(21)28)9-11-26(12-10-24)15-19-7-5-4-6-8-19;1-5(2)3(4)6/h6-10,15-16H,11-14,17H2,1-5H3,(H,28,31);4-8,13-14,27H,9-12,15H2,1-3H3,(H,25,28);4H,1-2H3/q;;+1. The number of nitrogens with one attached hydrogen (secondary N) is 2. The molecule has 2 spiro atoms. The summed E-state index contributed by atoms with van der Waals surface area (Å²) in [4.78, 5) is 56.3. The molecular weight excluding hydrogens is 864 g/mol. The van der Waals surface area contributed by atoms with Crippen molar-refractivity contribution in [2.24, 2.45) is 0 Å². The van der Waals surface area contributed by atoms with Crippen LogP contribution >= 0.6 is 0 Å². The van der Waals surface area contributed by atoms with Crippen LogP contribution in [0.3, 0.4) is 0 Å². The van der Waals surface area contributed by atoms with Gasteiger partial charge in [0.05, 0.1) is 11.1 Å². The molecular formula is C54H68ClN6O6+. The molecule has 4 aromatic carbocycles. The maximum Gasteiger partial charge on any atom is 0.503 e. The molecule has 2 fully saturated rings. The monoisotopic (exact) mass is 931 g/mol. The van der Waals surface area contributed by atoms with Gasteiger partial charge >= 0.3 is 11.5 Å². The van der Waals surface area contributed by atoms with Crippen molar-refractivity contribution in [1.82, 2.24) is 30.2 Å². The molecule has 2 saturated heterocycles. The van der Waals surface area contributed by atoms with Crippen LogP contribution in [0.15, 0.2) is 96.4 Å². The number of carbonyl (C=O) groups excluding carboxylic acids is 4. The molecule has 0 saturated carbocycles. The summed E-state index contributed by atoms with van der Waals surface area (Å²) >= 11 is 4.19. The molecule has 4 aromatic rings. The molecule has 0 unspecified atom stereocenters. The van der Waals surface area contributed by atoms with Gasteiger partial charge < -0.3 is 25.4 Å². The summed E-state index contributed by atoms with van der Waals surface area (Å²) in [6.07, 6.45) is 2.37. The molecule has 12 nitrogen and oxygen atoms in total. The second-order valence-electron chi connectivity index (χ2n) is 19.0. The van der Waals surface area contributed by atoms with E-state index in [0.717, 1.165) is 91.1 Å². The molecule has 0 atom stereocenters. The average molecular weight is 933 g/mol. The highest BCUT2D eigenvalue weighted by atomic mass is 35.5. The van der Waals surface area contributed by atoms with Gasteiger partial charge in [0.2, 0.25) is 11.6 Å². The SMILES string of the molecule is CN(C)C(=O)[ClH+].Cc1cc(C)c(C2=C(O)C3(CCN(Cc4ccccc4)CC3)NC2=O)c(C)c1.Cc1cc(C)c(C2=C(OC(=O)N(C)C)C3(CCN(Cc4ccccc4)CC3)NC2=O)c(C)c1. The maximum absolute atomic E-state index is 13.4. The summed E-state index contributed by atoms with van der Waals surface area (Å²) in [5.74, 6) is 0.389. The number of piperidine rings is 2. The van der Waals surface area contributed by atoms with E-state index in [-0.39, 0.29) is 22.9 Å². The Morgan fingerprint density at radius 2 is 0.970 bits per heavy atom. The number of aliphatic hydroxyl groups excluding tert-OH is 1. The number of ether oxygens (including phenoxy) is 1. The van der Waals surface area contributed by atoms with Crippen LogP contribution in [0.25, 0.3) is 11.1 Å². The van der Waals surface area contributed by atoms with E-state index in [0.29, 0.717) is 29.7 Å². The van der Waals surface area contributed by atoms with Crippen LogP contribution in [0.2, 0.25) is 0 Å². The first kappa shape index (κ1) is 50.5. The molecule has 13 heteroatoms. The zero-order valence-corrected chi connectivity index (χ0v) is 41.7. The number of carbonyl (C=O) groups is 4. The van der Waals surface area contributed by atoms with Gasteiger partial charge in [-0.2, -0.15) is 0 Å². The Morgan fingerprint density at radius 3 is 1.36 bits per heavy atom. The fourth-order valence-electron chi connectivity index (χ4n) is 9.88. The Labute approximate surface area is 401 Å². The van der Waals surface area contributed by atoms with Crippen molar-refractivity contribution < 1.29 is 40.6 Å². The van der Waals surface area contributed by atoms with Crippen LogP contribution in [0, 0.1) is 53.1 Å². The van der Waals surface area contributed by atoms with Crippen molar-refractivity contribution >= 4 is 34.4 Å². The lowest BCUT2D eigenvalue weighted by atomic mass is 9.84. The fraction of sp³-hybridized carbons (Fsp3) is 0.407. The van der Waals surface area contributed by atoms with E-state index in [9.17, 15) is 24.3 Å². The summed E-state index contributed by atoms with van der Waals surface area (Å²) in [5.41, 5.74) is 10.4. The second-order valence-corrected chi connectivity index (χ2v) is 19.3. The minimum absolute atomic E-state index is 0.149. The smallest absolute Gasteiger partial charge is 0.503 e. The van der Waals surface area contributed by atoms with Gasteiger partial charge in [-0.3, -0.25) is 24.3 Å². The van der Waals surface area contributed by atoms with Crippen molar-refractivity contribution in [3.05, 3.63) is 152 Å². The van der Waals surface area contributed by atoms with Gasteiger partial charge in [0.15, 0.2) is 0 Å². The third kappa shape index (κ3) is 11.6. The van der Waals surface area contributed by atoms with E-state index >= 15 is 0 Å². The Hall–Kier alpha value is -5.95. The fourth-order valence-corrected chi connectivity index (χ4v) is 9.88. The van der Waals surface area contributed by atoms with Crippen LogP contribution < -0.4 is 10.6 Å². The molecule has 67 heavy (non-hydrogen) atoms. The van der Waals surface area contributed by atoms with Crippen molar-refractivity contribution in [1.29, 1.82) is 0 Å². The Morgan fingerprint density at radius 1 is 0.612 bits per heavy atom. The second kappa shape index (κ2) is 21.3. The lowest BCUT2D eigenvalue weighted by Crippen LogP contribution is -2.53. The third-order valence-corrected chi connectivity index (χ3v) is 13.6. The highest BCUT2D eigenvalue weighted by Crippen LogP contribution is 2.44. The number of benzene rings is 4. The summed E-state index contributed by atoms with van der Waals surface area (Å²) in [5, 5.41) is 17.2. The number of hydrogen-bond donors (Lipinski definition) is 3. The van der Waals surface area contributed by atoms with E-state index in [2.05, 4.69) is 112 Å². The van der Waals surface area contributed by atoms with Crippen LogP contribution in [-0.4, -0.2) is 113 Å². The van der Waals surface area contributed by atoms with Crippen LogP contribution in [-0.2, 0) is 27.4 Å². The van der Waals surface area contributed by atoms with Crippen LogP contribution in [0.4, 0.5) is 9.59 Å². The number of amides is 4. The quantitative estimate of drug-likeness (QED) is 0.125. The first-order valence-electron chi connectivity index (χ1n) is 23.0. The van der Waals surface area contributed by atoms with Crippen LogP contribution in [0.5, 0.6) is 0 Å². The molecule has 8 rings (SSSR count). The predicted molar refractivity (Wildman–Crippen MR) is 262 cm³/mol. The number of likely N-dealkylation sites (tertiary alicyclic amines) is 2. The number of aliphatic hydroxyl groups is 1. The molecule has 4 aliphatic heterocycles. The Bertz CT molecular complexity index is 2490. The zero-order chi connectivity index (χ0) is 48.8. The molecule has 3 N–H and O–H groups in total. The van der Waals surface area contributed by atoms with Crippen molar-refractivity contribution in [3.8, 4) is 0 Å². The normalized spacial score (nSPS) is 17.6. The molecule has 356 valence electrons. The molecule has 0 aromatic heterocycles. The number of aryl methyl sites for hydroxylation is 6. The zero-order valence-electron chi connectivity index (χ0n) is 40.8. The Balaban J connectivity index is 0.000000199. The van der Waals surface area contributed by atoms with E-state index < -0.39 is 17.2 Å². The van der Waals surface area contributed by atoms with Gasteiger partial charge in [-0.05, 0) is 112 Å². The van der Waals surface area contributed by atoms with Gasteiger partial charge in [-0.25, -0.2) is 9.59 Å². The number of rotatable bonds is 7. The highest BCUT2D eigenvalue weighted by molar-refractivity contribution is 6.25. The van der Waals surface area contributed by atoms with Gasteiger partial charge in [0, 0.05) is 67.5 Å². The summed E-state index contributed by atoms with van der Waals surface area (Å²) in [6, 6.07) is 29.1. The van der Waals surface area contributed by atoms with E-state index in [1.54, 1.807) is 28.2 Å². The number of hydrogen-bond acceptors (Lipinski definition) is 8. The molecule has 4 heterocycles. The summed E-state index contributed by atoms with van der Waals surface area (Å²) < 4.78 is 5.96. The number of halogens is 1. The van der Waals surface area contributed by atoms with Gasteiger partial charge in [-0.15, -0.1) is 0 Å². The van der Waals surface area contributed by atoms with Gasteiger partial charge in [0.25, 0.3) is 11.8 Å². The first-order valence-corrected chi connectivity index (χ1v) is 23.4. The predicted octanol–water partition coefficient (Wildman–Crippen LogP) is 8.18. The average Bonchev–Trinajstić information content (AvgIpc) is 3.66. The van der Waals surface area contributed by atoms with E-state index in [1.165, 1.54) is 26.5 Å². The van der Waals surface area contributed by atoms with Gasteiger partial charge in [0.1, 0.15) is 22.6 Å². The largest absolute Gasteiger partial charge is 0.509 e. The van der Waals surface area contributed by atoms with Crippen molar-refractivity contribution in [3.63, 3.8) is 0 Å². The molecule has 0 radical (unpaired) electrons.